The molecule has 118 valence electrons. The average Bonchev–Trinajstić information content (AvgIpc) is 2.55. The predicted molar refractivity (Wildman–Crippen MR) is 84.4 cm³/mol. The number of ether oxygens (including phenoxy) is 1. The maximum atomic E-state index is 10.8. The first-order valence-corrected chi connectivity index (χ1v) is 8.04. The Morgan fingerprint density at radius 3 is 2.57 bits per heavy atom. The van der Waals surface area contributed by atoms with Gasteiger partial charge in [0.25, 0.3) is 0 Å². The van der Waals surface area contributed by atoms with Crippen LogP contribution in [-0.2, 0) is 17.6 Å². The number of nitrogens with zero attached hydrogens (tertiary/aromatic N) is 2. The van der Waals surface area contributed by atoms with Crippen LogP contribution >= 0.6 is 0 Å². The molecule has 0 spiro atoms. The van der Waals surface area contributed by atoms with E-state index >= 15 is 0 Å². The third kappa shape index (κ3) is 3.82. The SMILES string of the molecule is CCc1ccc(CC(O)C(C)(CC)N2CCOCC2)nc1. The van der Waals surface area contributed by atoms with Gasteiger partial charge in [0.1, 0.15) is 0 Å². The lowest BCUT2D eigenvalue weighted by Crippen LogP contribution is -2.58. The fourth-order valence-electron chi connectivity index (χ4n) is 2.95. The number of aliphatic hydroxyl groups excluding tert-OH is 1. The molecule has 1 saturated heterocycles. The van der Waals surface area contributed by atoms with Crippen molar-refractivity contribution in [3.05, 3.63) is 29.6 Å². The molecule has 1 aromatic rings. The fraction of sp³-hybridized carbons (Fsp3) is 0.706. The van der Waals surface area contributed by atoms with Crippen molar-refractivity contribution in [2.24, 2.45) is 0 Å². The number of rotatable bonds is 6. The summed E-state index contributed by atoms with van der Waals surface area (Å²) >= 11 is 0. The second-order valence-electron chi connectivity index (χ2n) is 6.04. The highest BCUT2D eigenvalue weighted by Gasteiger charge is 2.38. The van der Waals surface area contributed by atoms with Crippen molar-refractivity contribution >= 4 is 0 Å². The third-order valence-electron chi connectivity index (χ3n) is 4.86. The summed E-state index contributed by atoms with van der Waals surface area (Å²) in [6, 6.07) is 4.14. The monoisotopic (exact) mass is 292 g/mol. The molecule has 0 aliphatic carbocycles. The van der Waals surface area contributed by atoms with Gasteiger partial charge in [0.2, 0.25) is 0 Å². The molecule has 1 aliphatic heterocycles. The van der Waals surface area contributed by atoms with E-state index in [1.54, 1.807) is 0 Å². The summed E-state index contributed by atoms with van der Waals surface area (Å²) in [5.74, 6) is 0. The van der Waals surface area contributed by atoms with Gasteiger partial charge in [-0.15, -0.1) is 0 Å². The van der Waals surface area contributed by atoms with Crippen molar-refractivity contribution in [2.45, 2.75) is 51.7 Å². The Kier molecular flexibility index (Phi) is 5.73. The Bertz CT molecular complexity index is 429. The molecule has 4 nitrogen and oxygen atoms in total. The van der Waals surface area contributed by atoms with Crippen LogP contribution in [0.15, 0.2) is 18.3 Å². The molecule has 1 aliphatic rings. The van der Waals surface area contributed by atoms with Crippen LogP contribution in [0, 0.1) is 0 Å². The molecule has 0 amide bonds. The molecule has 2 heterocycles. The molecule has 0 saturated carbocycles. The summed E-state index contributed by atoms with van der Waals surface area (Å²) in [6.45, 7) is 9.72. The molecular formula is C17H28N2O2. The lowest BCUT2D eigenvalue weighted by Gasteiger charge is -2.45. The first-order valence-electron chi connectivity index (χ1n) is 8.04. The molecule has 0 radical (unpaired) electrons. The molecule has 2 unspecified atom stereocenters. The second kappa shape index (κ2) is 7.34. The molecule has 4 heteroatoms. The summed E-state index contributed by atoms with van der Waals surface area (Å²) in [6.07, 6.45) is 4.02. The van der Waals surface area contributed by atoms with Gasteiger partial charge in [0.05, 0.1) is 19.3 Å². The van der Waals surface area contributed by atoms with Crippen LogP contribution in [0.1, 0.15) is 38.4 Å². The van der Waals surface area contributed by atoms with Gasteiger partial charge in [-0.05, 0) is 31.4 Å². The van der Waals surface area contributed by atoms with Gasteiger partial charge in [0, 0.05) is 36.9 Å². The van der Waals surface area contributed by atoms with Crippen LogP contribution in [0.4, 0.5) is 0 Å². The van der Waals surface area contributed by atoms with Crippen molar-refractivity contribution in [2.75, 3.05) is 26.3 Å². The number of hydrogen-bond donors (Lipinski definition) is 1. The molecule has 2 rings (SSSR count). The Morgan fingerprint density at radius 2 is 2.05 bits per heavy atom. The lowest BCUT2D eigenvalue weighted by atomic mass is 9.86. The van der Waals surface area contributed by atoms with Crippen molar-refractivity contribution in [3.63, 3.8) is 0 Å². The van der Waals surface area contributed by atoms with Crippen LogP contribution in [0.3, 0.4) is 0 Å². The van der Waals surface area contributed by atoms with Crippen molar-refractivity contribution < 1.29 is 9.84 Å². The van der Waals surface area contributed by atoms with E-state index in [1.807, 2.05) is 12.3 Å². The minimum atomic E-state index is -0.416. The summed E-state index contributed by atoms with van der Waals surface area (Å²) < 4.78 is 5.43. The highest BCUT2D eigenvalue weighted by molar-refractivity contribution is 5.15. The normalized spacial score (nSPS) is 21.0. The van der Waals surface area contributed by atoms with Gasteiger partial charge in [0.15, 0.2) is 0 Å². The molecule has 1 aromatic heterocycles. The van der Waals surface area contributed by atoms with Gasteiger partial charge >= 0.3 is 0 Å². The highest BCUT2D eigenvalue weighted by atomic mass is 16.5. The number of aliphatic hydroxyl groups is 1. The molecule has 1 N–H and O–H groups in total. The van der Waals surface area contributed by atoms with Crippen LogP contribution < -0.4 is 0 Å². The summed E-state index contributed by atoms with van der Waals surface area (Å²) in [7, 11) is 0. The zero-order valence-electron chi connectivity index (χ0n) is 13.5. The van der Waals surface area contributed by atoms with Gasteiger partial charge in [-0.3, -0.25) is 9.88 Å². The minimum Gasteiger partial charge on any atom is -0.391 e. The van der Waals surface area contributed by atoms with E-state index in [0.717, 1.165) is 44.8 Å². The summed E-state index contributed by atoms with van der Waals surface area (Å²) in [4.78, 5) is 6.84. The molecular weight excluding hydrogens is 264 g/mol. The number of hydrogen-bond acceptors (Lipinski definition) is 4. The largest absolute Gasteiger partial charge is 0.391 e. The average molecular weight is 292 g/mol. The first-order chi connectivity index (χ1) is 10.1. The van der Waals surface area contributed by atoms with E-state index in [-0.39, 0.29) is 5.54 Å². The minimum absolute atomic E-state index is 0.213. The number of pyridine rings is 1. The number of aryl methyl sites for hydroxylation is 1. The lowest BCUT2D eigenvalue weighted by molar-refractivity contribution is -0.0716. The molecule has 0 aromatic carbocycles. The predicted octanol–water partition coefficient (Wildman–Crippen LogP) is 2.05. The first kappa shape index (κ1) is 16.4. The zero-order valence-corrected chi connectivity index (χ0v) is 13.5. The van der Waals surface area contributed by atoms with Crippen molar-refractivity contribution in [1.29, 1.82) is 0 Å². The highest BCUT2D eigenvalue weighted by Crippen LogP contribution is 2.26. The maximum Gasteiger partial charge on any atom is 0.0776 e. The van der Waals surface area contributed by atoms with Gasteiger partial charge < -0.3 is 9.84 Å². The molecule has 1 fully saturated rings. The van der Waals surface area contributed by atoms with Crippen LogP contribution in [0.5, 0.6) is 0 Å². The van der Waals surface area contributed by atoms with E-state index in [2.05, 4.69) is 36.7 Å². The quantitative estimate of drug-likeness (QED) is 0.871. The molecule has 2 atom stereocenters. The maximum absolute atomic E-state index is 10.8. The Hall–Kier alpha value is -0.970. The van der Waals surface area contributed by atoms with E-state index in [4.69, 9.17) is 4.74 Å². The van der Waals surface area contributed by atoms with E-state index < -0.39 is 6.10 Å². The molecule has 21 heavy (non-hydrogen) atoms. The smallest absolute Gasteiger partial charge is 0.0776 e. The Morgan fingerprint density at radius 1 is 1.33 bits per heavy atom. The van der Waals surface area contributed by atoms with E-state index in [0.29, 0.717) is 6.42 Å². The van der Waals surface area contributed by atoms with Gasteiger partial charge in [-0.1, -0.05) is 19.9 Å². The number of aromatic nitrogens is 1. The van der Waals surface area contributed by atoms with Gasteiger partial charge in [-0.25, -0.2) is 0 Å². The van der Waals surface area contributed by atoms with Crippen LogP contribution in [-0.4, -0.2) is 52.9 Å². The third-order valence-corrected chi connectivity index (χ3v) is 4.86. The van der Waals surface area contributed by atoms with Crippen LogP contribution in [0.2, 0.25) is 0 Å². The van der Waals surface area contributed by atoms with E-state index in [1.165, 1.54) is 5.56 Å². The fourth-order valence-corrected chi connectivity index (χ4v) is 2.95. The van der Waals surface area contributed by atoms with Crippen molar-refractivity contribution in [3.8, 4) is 0 Å². The Labute approximate surface area is 128 Å². The second-order valence-corrected chi connectivity index (χ2v) is 6.04. The summed E-state index contributed by atoms with van der Waals surface area (Å²) in [5, 5.41) is 10.8. The number of morpholine rings is 1. The van der Waals surface area contributed by atoms with E-state index in [9.17, 15) is 5.11 Å². The van der Waals surface area contributed by atoms with Gasteiger partial charge in [-0.2, -0.15) is 0 Å². The van der Waals surface area contributed by atoms with Crippen molar-refractivity contribution in [1.82, 2.24) is 9.88 Å². The molecule has 0 bridgehead atoms. The zero-order chi connectivity index (χ0) is 15.3. The topological polar surface area (TPSA) is 45.6 Å². The standard InChI is InChI=1S/C17H28N2O2/c1-4-14-6-7-15(18-13-14)12-16(20)17(3,5-2)19-8-10-21-11-9-19/h6-7,13,16,20H,4-5,8-12H2,1-3H3. The Balaban J connectivity index is 2.05. The van der Waals surface area contributed by atoms with Crippen LogP contribution in [0.25, 0.3) is 0 Å². The summed E-state index contributed by atoms with van der Waals surface area (Å²) in [5.41, 5.74) is 1.99.